The minimum Gasteiger partial charge on any atom is -0.409 e. The van der Waals surface area contributed by atoms with E-state index in [1.54, 1.807) is 0 Å². The first-order valence-corrected chi connectivity index (χ1v) is 7.17. The van der Waals surface area contributed by atoms with Gasteiger partial charge in [-0.15, -0.1) is 0 Å². The van der Waals surface area contributed by atoms with Gasteiger partial charge in [0.05, 0.1) is 5.52 Å². The molecule has 0 aliphatic carbocycles. The number of oxime groups is 1. The van der Waals surface area contributed by atoms with Crippen molar-refractivity contribution in [3.63, 3.8) is 0 Å². The number of hydrogen-bond acceptors (Lipinski definition) is 4. The van der Waals surface area contributed by atoms with E-state index in [4.69, 9.17) is 10.9 Å². The Balaban J connectivity index is 2.33. The molecule has 0 unspecified atom stereocenters. The van der Waals surface area contributed by atoms with Gasteiger partial charge in [0.2, 0.25) is 0 Å². The summed E-state index contributed by atoms with van der Waals surface area (Å²) < 4.78 is 0. The number of aromatic nitrogens is 1. The van der Waals surface area contributed by atoms with Crippen LogP contribution >= 0.6 is 0 Å². The summed E-state index contributed by atoms with van der Waals surface area (Å²) in [7, 11) is 0. The lowest BCUT2D eigenvalue weighted by Gasteiger charge is -2.27. The molecule has 0 spiro atoms. The first kappa shape index (κ1) is 15.1. The first-order valence-electron chi connectivity index (χ1n) is 7.17. The highest BCUT2D eigenvalue weighted by molar-refractivity contribution is 5.91. The maximum absolute atomic E-state index is 8.71. The fourth-order valence-corrected chi connectivity index (χ4v) is 2.41. The van der Waals surface area contributed by atoms with Gasteiger partial charge in [0.25, 0.3) is 0 Å². The molecule has 0 saturated carbocycles. The van der Waals surface area contributed by atoms with Crippen molar-refractivity contribution < 1.29 is 5.21 Å². The molecule has 5 heteroatoms. The molecule has 0 bridgehead atoms. The van der Waals surface area contributed by atoms with Gasteiger partial charge in [0.15, 0.2) is 0 Å². The van der Waals surface area contributed by atoms with Crippen molar-refractivity contribution in [3.05, 3.63) is 36.5 Å². The van der Waals surface area contributed by atoms with E-state index in [9.17, 15) is 0 Å². The number of rotatable bonds is 6. The predicted octanol–water partition coefficient (Wildman–Crippen LogP) is 2.83. The molecule has 2 rings (SSSR count). The van der Waals surface area contributed by atoms with E-state index in [0.717, 1.165) is 23.1 Å². The zero-order chi connectivity index (χ0) is 15.2. The molecule has 5 nitrogen and oxygen atoms in total. The lowest BCUT2D eigenvalue weighted by Crippen LogP contribution is -2.31. The topological polar surface area (TPSA) is 74.7 Å². The highest BCUT2D eigenvalue weighted by atomic mass is 16.4. The normalized spacial score (nSPS) is 12.0. The quantitative estimate of drug-likeness (QED) is 0.370. The summed E-state index contributed by atoms with van der Waals surface area (Å²) in [6.07, 6.45) is 2.36. The third-order valence-electron chi connectivity index (χ3n) is 3.32. The summed E-state index contributed by atoms with van der Waals surface area (Å²) in [5.74, 6) is 0.770. The number of nitrogens with two attached hydrogens (primary N) is 1. The molecule has 0 radical (unpaired) electrons. The van der Waals surface area contributed by atoms with E-state index in [1.165, 1.54) is 0 Å². The van der Waals surface area contributed by atoms with Gasteiger partial charge in [-0.25, -0.2) is 0 Å². The second-order valence-electron chi connectivity index (χ2n) is 5.53. The molecule has 0 amide bonds. The summed E-state index contributed by atoms with van der Waals surface area (Å²) in [5, 5.41) is 12.9. The van der Waals surface area contributed by atoms with Crippen LogP contribution in [0.4, 0.5) is 5.69 Å². The molecule has 112 valence electrons. The molecule has 0 atom stereocenters. The van der Waals surface area contributed by atoms with Crippen molar-refractivity contribution in [1.82, 2.24) is 4.98 Å². The van der Waals surface area contributed by atoms with Crippen LogP contribution in [-0.2, 0) is 0 Å². The van der Waals surface area contributed by atoms with Gasteiger partial charge in [0, 0.05) is 36.8 Å². The van der Waals surface area contributed by atoms with Crippen LogP contribution in [0.1, 0.15) is 20.3 Å². The number of fused-ring (bicyclic) bond motifs is 1. The Labute approximate surface area is 125 Å². The number of nitrogens with zero attached hydrogens (tertiary/aromatic N) is 3. The standard InChI is InChI=1S/C16H22N4O/c1-12(2)11-20(10-8-16(17)19-21)15-7-9-18-14-6-4-3-5-13(14)15/h3-7,9,12,21H,8,10-11H2,1-2H3,(H2,17,19). The minimum atomic E-state index is 0.252. The summed E-state index contributed by atoms with van der Waals surface area (Å²) in [5.41, 5.74) is 7.72. The lowest BCUT2D eigenvalue weighted by atomic mass is 10.1. The molecule has 21 heavy (non-hydrogen) atoms. The molecule has 1 aromatic heterocycles. The Morgan fingerprint density at radius 3 is 2.81 bits per heavy atom. The lowest BCUT2D eigenvalue weighted by molar-refractivity contribution is 0.317. The maximum atomic E-state index is 8.71. The Kier molecular flexibility index (Phi) is 4.98. The van der Waals surface area contributed by atoms with Gasteiger partial charge in [-0.1, -0.05) is 37.2 Å². The maximum Gasteiger partial charge on any atom is 0.140 e. The third-order valence-corrected chi connectivity index (χ3v) is 3.32. The monoisotopic (exact) mass is 286 g/mol. The number of para-hydroxylation sites is 1. The molecule has 1 aromatic carbocycles. The largest absolute Gasteiger partial charge is 0.409 e. The average Bonchev–Trinajstić information content (AvgIpc) is 2.50. The van der Waals surface area contributed by atoms with Gasteiger partial charge in [0.1, 0.15) is 5.84 Å². The van der Waals surface area contributed by atoms with Crippen molar-refractivity contribution in [3.8, 4) is 0 Å². The van der Waals surface area contributed by atoms with Crippen LogP contribution in [0.15, 0.2) is 41.7 Å². The number of benzene rings is 1. The van der Waals surface area contributed by atoms with Crippen LogP contribution < -0.4 is 10.6 Å². The van der Waals surface area contributed by atoms with E-state index in [1.807, 2.05) is 30.5 Å². The fourth-order valence-electron chi connectivity index (χ4n) is 2.41. The van der Waals surface area contributed by atoms with Crippen LogP contribution in [0.5, 0.6) is 0 Å². The Hall–Kier alpha value is -2.30. The van der Waals surface area contributed by atoms with Gasteiger partial charge in [-0.05, 0) is 18.1 Å². The molecular formula is C16H22N4O. The fraction of sp³-hybridized carbons (Fsp3) is 0.375. The van der Waals surface area contributed by atoms with Crippen LogP contribution in [0.3, 0.4) is 0 Å². The Morgan fingerprint density at radius 1 is 1.33 bits per heavy atom. The van der Waals surface area contributed by atoms with Crippen molar-refractivity contribution in [2.45, 2.75) is 20.3 Å². The molecule has 0 fully saturated rings. The van der Waals surface area contributed by atoms with E-state index in [2.05, 4.69) is 35.0 Å². The summed E-state index contributed by atoms with van der Waals surface area (Å²) in [4.78, 5) is 6.67. The molecule has 3 N–H and O–H groups in total. The van der Waals surface area contributed by atoms with Crippen molar-refractivity contribution in [1.29, 1.82) is 0 Å². The number of amidine groups is 1. The van der Waals surface area contributed by atoms with Gasteiger partial charge < -0.3 is 15.8 Å². The van der Waals surface area contributed by atoms with E-state index >= 15 is 0 Å². The van der Waals surface area contributed by atoms with Crippen molar-refractivity contribution in [2.24, 2.45) is 16.8 Å². The summed E-state index contributed by atoms with van der Waals surface area (Å²) in [6.45, 7) is 5.98. The van der Waals surface area contributed by atoms with Crippen molar-refractivity contribution >= 4 is 22.4 Å². The molecule has 0 saturated heterocycles. The Bertz CT molecular complexity index is 619. The average molecular weight is 286 g/mol. The van der Waals surface area contributed by atoms with Gasteiger partial charge in [-0.3, -0.25) is 4.98 Å². The van der Waals surface area contributed by atoms with E-state index < -0.39 is 0 Å². The van der Waals surface area contributed by atoms with Crippen LogP contribution in [0.25, 0.3) is 10.9 Å². The second kappa shape index (κ2) is 6.92. The van der Waals surface area contributed by atoms with E-state index in [0.29, 0.717) is 18.9 Å². The summed E-state index contributed by atoms with van der Waals surface area (Å²) in [6, 6.07) is 10.1. The molecular weight excluding hydrogens is 264 g/mol. The SMILES string of the molecule is CC(C)CN(CCC(N)=NO)c1ccnc2ccccc12. The van der Waals surface area contributed by atoms with Gasteiger partial charge in [-0.2, -0.15) is 0 Å². The summed E-state index contributed by atoms with van der Waals surface area (Å²) >= 11 is 0. The smallest absolute Gasteiger partial charge is 0.140 e. The van der Waals surface area contributed by atoms with Crippen LogP contribution in [0, 0.1) is 5.92 Å². The highest BCUT2D eigenvalue weighted by Gasteiger charge is 2.12. The molecule has 2 aromatic rings. The highest BCUT2D eigenvalue weighted by Crippen LogP contribution is 2.26. The zero-order valence-corrected chi connectivity index (χ0v) is 12.5. The predicted molar refractivity (Wildman–Crippen MR) is 86.8 cm³/mol. The number of hydrogen-bond donors (Lipinski definition) is 2. The van der Waals surface area contributed by atoms with Gasteiger partial charge >= 0.3 is 0 Å². The van der Waals surface area contributed by atoms with Crippen LogP contribution in [-0.4, -0.2) is 29.1 Å². The second-order valence-corrected chi connectivity index (χ2v) is 5.53. The Morgan fingerprint density at radius 2 is 2.10 bits per heavy atom. The first-order chi connectivity index (χ1) is 10.1. The minimum absolute atomic E-state index is 0.252. The zero-order valence-electron chi connectivity index (χ0n) is 12.5. The molecule has 1 heterocycles. The van der Waals surface area contributed by atoms with Crippen LogP contribution in [0.2, 0.25) is 0 Å². The molecule has 0 aliphatic rings. The van der Waals surface area contributed by atoms with Crippen molar-refractivity contribution in [2.75, 3.05) is 18.0 Å². The number of anilines is 1. The molecule has 0 aliphatic heterocycles. The third kappa shape index (κ3) is 3.84. The number of pyridine rings is 1. The van der Waals surface area contributed by atoms with E-state index in [-0.39, 0.29) is 5.84 Å².